The number of nitrogens with zero attached hydrogens (tertiary/aromatic N) is 1. The summed E-state index contributed by atoms with van der Waals surface area (Å²) < 4.78 is 5.48. The number of terminal acetylenes is 1. The molecule has 1 unspecified atom stereocenters. The molecular formula is C14H24N2O. The van der Waals surface area contributed by atoms with Gasteiger partial charge in [-0.25, -0.2) is 0 Å². The van der Waals surface area contributed by atoms with Crippen molar-refractivity contribution < 1.29 is 4.74 Å². The van der Waals surface area contributed by atoms with Gasteiger partial charge in [-0.1, -0.05) is 12.8 Å². The molecule has 0 aromatic heterocycles. The molecule has 0 spiro atoms. The van der Waals surface area contributed by atoms with Crippen molar-refractivity contribution in [3.8, 4) is 12.3 Å². The van der Waals surface area contributed by atoms with Crippen molar-refractivity contribution in [3.05, 3.63) is 0 Å². The topological polar surface area (TPSA) is 24.5 Å². The van der Waals surface area contributed by atoms with Crippen molar-refractivity contribution in [2.24, 2.45) is 0 Å². The molecule has 0 radical (unpaired) electrons. The number of ether oxygens (including phenoxy) is 1. The van der Waals surface area contributed by atoms with E-state index in [2.05, 4.69) is 16.1 Å². The summed E-state index contributed by atoms with van der Waals surface area (Å²) in [6.45, 7) is 3.86. The zero-order chi connectivity index (χ0) is 12.1. The van der Waals surface area contributed by atoms with Crippen molar-refractivity contribution in [3.63, 3.8) is 0 Å². The van der Waals surface area contributed by atoms with Crippen LogP contribution in [-0.2, 0) is 4.74 Å². The lowest BCUT2D eigenvalue weighted by molar-refractivity contribution is -0.0341. The van der Waals surface area contributed by atoms with Gasteiger partial charge in [-0.05, 0) is 19.9 Å². The van der Waals surface area contributed by atoms with Gasteiger partial charge in [-0.3, -0.25) is 4.90 Å². The molecule has 17 heavy (non-hydrogen) atoms. The van der Waals surface area contributed by atoms with Crippen LogP contribution >= 0.6 is 0 Å². The summed E-state index contributed by atoms with van der Waals surface area (Å²) in [5.41, 5.74) is 0.283. The van der Waals surface area contributed by atoms with Crippen molar-refractivity contribution in [2.75, 3.05) is 33.4 Å². The molecule has 1 saturated carbocycles. The standard InChI is InChI=1S/C14H24N2O/c1-3-6-13(15-2)14(7-4-5-8-14)16-9-11-17-12-10-16/h1,13,15H,4-12H2,2H3. The fourth-order valence-corrected chi connectivity index (χ4v) is 3.56. The zero-order valence-electron chi connectivity index (χ0n) is 10.9. The summed E-state index contributed by atoms with van der Waals surface area (Å²) >= 11 is 0. The maximum absolute atomic E-state index is 5.53. The average Bonchev–Trinajstić information content (AvgIpc) is 2.87. The summed E-state index contributed by atoms with van der Waals surface area (Å²) in [5, 5.41) is 3.46. The molecule has 1 atom stereocenters. The Kier molecular flexibility index (Phi) is 4.44. The summed E-state index contributed by atoms with van der Waals surface area (Å²) in [5.74, 6) is 2.84. The Labute approximate surface area is 105 Å². The van der Waals surface area contributed by atoms with Gasteiger partial charge in [0.2, 0.25) is 0 Å². The molecule has 2 rings (SSSR count). The third-order valence-corrected chi connectivity index (χ3v) is 4.43. The summed E-state index contributed by atoms with van der Waals surface area (Å²) in [6.07, 6.45) is 11.6. The third kappa shape index (κ3) is 2.49. The summed E-state index contributed by atoms with van der Waals surface area (Å²) in [7, 11) is 2.04. The van der Waals surface area contributed by atoms with Crippen molar-refractivity contribution >= 4 is 0 Å². The van der Waals surface area contributed by atoms with E-state index in [0.717, 1.165) is 32.7 Å². The molecule has 1 heterocycles. The highest BCUT2D eigenvalue weighted by atomic mass is 16.5. The number of nitrogens with one attached hydrogen (secondary N) is 1. The van der Waals surface area contributed by atoms with Crippen LogP contribution in [0.2, 0.25) is 0 Å². The quantitative estimate of drug-likeness (QED) is 0.743. The normalized spacial score (nSPS) is 26.6. The van der Waals surface area contributed by atoms with Crippen molar-refractivity contribution in [2.45, 2.75) is 43.7 Å². The van der Waals surface area contributed by atoms with Crippen LogP contribution in [0.15, 0.2) is 0 Å². The minimum Gasteiger partial charge on any atom is -0.379 e. The van der Waals surface area contributed by atoms with Crippen LogP contribution in [0, 0.1) is 12.3 Å². The lowest BCUT2D eigenvalue weighted by atomic mass is 9.84. The molecule has 1 aliphatic heterocycles. The van der Waals surface area contributed by atoms with Crippen LogP contribution in [0.5, 0.6) is 0 Å². The minimum absolute atomic E-state index is 0.283. The van der Waals surface area contributed by atoms with Crippen LogP contribution in [0.4, 0.5) is 0 Å². The number of hydrogen-bond donors (Lipinski definition) is 1. The molecule has 0 aromatic carbocycles. The Morgan fingerprint density at radius 3 is 2.53 bits per heavy atom. The van der Waals surface area contributed by atoms with E-state index in [9.17, 15) is 0 Å². The largest absolute Gasteiger partial charge is 0.379 e. The summed E-state index contributed by atoms with van der Waals surface area (Å²) in [6, 6.07) is 0.424. The smallest absolute Gasteiger partial charge is 0.0594 e. The molecule has 2 aliphatic rings. The highest BCUT2D eigenvalue weighted by Gasteiger charge is 2.45. The predicted molar refractivity (Wildman–Crippen MR) is 69.9 cm³/mol. The lowest BCUT2D eigenvalue weighted by Crippen LogP contribution is -2.61. The SMILES string of the molecule is C#CCC(NC)C1(N2CCOCC2)CCCC1. The summed E-state index contributed by atoms with van der Waals surface area (Å²) in [4.78, 5) is 2.63. The van der Waals surface area contributed by atoms with Crippen LogP contribution in [0.1, 0.15) is 32.1 Å². The van der Waals surface area contributed by atoms with Crippen molar-refractivity contribution in [1.82, 2.24) is 10.2 Å². The average molecular weight is 236 g/mol. The van der Waals surface area contributed by atoms with Gasteiger partial charge in [-0.2, -0.15) is 0 Å². The van der Waals surface area contributed by atoms with E-state index in [0.29, 0.717) is 6.04 Å². The van der Waals surface area contributed by atoms with Gasteiger partial charge in [0, 0.05) is 31.1 Å². The first-order valence-electron chi connectivity index (χ1n) is 6.77. The van der Waals surface area contributed by atoms with Crippen molar-refractivity contribution in [1.29, 1.82) is 0 Å². The van der Waals surface area contributed by atoms with Crippen LogP contribution < -0.4 is 5.32 Å². The molecule has 96 valence electrons. The van der Waals surface area contributed by atoms with E-state index < -0.39 is 0 Å². The Morgan fingerprint density at radius 1 is 1.35 bits per heavy atom. The van der Waals surface area contributed by atoms with Crippen LogP contribution in [0.25, 0.3) is 0 Å². The molecule has 1 N–H and O–H groups in total. The van der Waals surface area contributed by atoms with Gasteiger partial charge in [0.1, 0.15) is 0 Å². The molecule has 1 saturated heterocycles. The highest BCUT2D eigenvalue weighted by Crippen LogP contribution is 2.39. The Balaban J connectivity index is 2.15. The number of likely N-dealkylation sites (N-methyl/N-ethyl adjacent to an activating group) is 1. The first-order chi connectivity index (χ1) is 8.33. The van der Waals surface area contributed by atoms with Gasteiger partial charge in [0.05, 0.1) is 13.2 Å². The highest BCUT2D eigenvalue weighted by molar-refractivity contribution is 5.07. The van der Waals surface area contributed by atoms with Gasteiger partial charge >= 0.3 is 0 Å². The van der Waals surface area contributed by atoms with E-state index >= 15 is 0 Å². The van der Waals surface area contributed by atoms with E-state index in [4.69, 9.17) is 11.2 Å². The first kappa shape index (κ1) is 12.9. The molecule has 2 fully saturated rings. The Hall–Kier alpha value is -0.560. The number of rotatable bonds is 4. The fraction of sp³-hybridized carbons (Fsp3) is 0.857. The van der Waals surface area contributed by atoms with E-state index in [1.807, 2.05) is 7.05 Å². The van der Waals surface area contributed by atoms with Gasteiger partial charge in [0.15, 0.2) is 0 Å². The predicted octanol–water partition coefficient (Wildman–Crippen LogP) is 1.24. The first-order valence-corrected chi connectivity index (χ1v) is 6.77. The molecule has 1 aliphatic carbocycles. The van der Waals surface area contributed by atoms with Gasteiger partial charge < -0.3 is 10.1 Å². The van der Waals surface area contributed by atoms with Crippen LogP contribution in [0.3, 0.4) is 0 Å². The maximum atomic E-state index is 5.53. The van der Waals surface area contributed by atoms with E-state index in [1.165, 1.54) is 25.7 Å². The zero-order valence-corrected chi connectivity index (χ0v) is 10.9. The molecule has 3 nitrogen and oxygen atoms in total. The molecule has 0 bridgehead atoms. The second kappa shape index (κ2) is 5.86. The Morgan fingerprint density at radius 2 is 2.00 bits per heavy atom. The second-order valence-electron chi connectivity index (χ2n) is 5.16. The molecule has 0 amide bonds. The molecule has 3 heteroatoms. The van der Waals surface area contributed by atoms with Crippen LogP contribution in [-0.4, -0.2) is 49.8 Å². The molecular weight excluding hydrogens is 212 g/mol. The maximum Gasteiger partial charge on any atom is 0.0594 e. The van der Waals surface area contributed by atoms with E-state index in [-0.39, 0.29) is 5.54 Å². The second-order valence-corrected chi connectivity index (χ2v) is 5.16. The number of hydrogen-bond acceptors (Lipinski definition) is 3. The number of morpholine rings is 1. The Bertz CT molecular complexity index is 272. The third-order valence-electron chi connectivity index (χ3n) is 4.43. The molecule has 0 aromatic rings. The lowest BCUT2D eigenvalue weighted by Gasteiger charge is -2.48. The monoisotopic (exact) mass is 236 g/mol. The van der Waals surface area contributed by atoms with Gasteiger partial charge in [-0.15, -0.1) is 12.3 Å². The minimum atomic E-state index is 0.283. The van der Waals surface area contributed by atoms with Gasteiger partial charge in [0.25, 0.3) is 0 Å². The fourth-order valence-electron chi connectivity index (χ4n) is 3.56. The van der Waals surface area contributed by atoms with E-state index in [1.54, 1.807) is 0 Å².